The Kier molecular flexibility index (Phi) is 6.35. The van der Waals surface area contributed by atoms with E-state index < -0.39 is 17.3 Å². The van der Waals surface area contributed by atoms with Gasteiger partial charge in [-0.25, -0.2) is 14.8 Å². The van der Waals surface area contributed by atoms with E-state index in [1.165, 1.54) is 28.7 Å². The van der Waals surface area contributed by atoms with E-state index in [2.05, 4.69) is 9.88 Å². The van der Waals surface area contributed by atoms with Crippen molar-refractivity contribution in [3.05, 3.63) is 23.7 Å². The van der Waals surface area contributed by atoms with Crippen molar-refractivity contribution in [2.24, 2.45) is 0 Å². The highest BCUT2D eigenvalue weighted by molar-refractivity contribution is 7.23. The molecule has 2 aromatic heterocycles. The van der Waals surface area contributed by atoms with Gasteiger partial charge in [0.05, 0.1) is 16.8 Å². The van der Waals surface area contributed by atoms with E-state index in [9.17, 15) is 18.7 Å². The topological polar surface area (TPSA) is 88.0 Å². The minimum Gasteiger partial charge on any atom is -0.444 e. The lowest BCUT2D eigenvalue weighted by atomic mass is 10.1. The molecule has 2 atom stereocenters. The fourth-order valence-corrected chi connectivity index (χ4v) is 6.50. The third kappa shape index (κ3) is 4.98. The molecule has 4 heterocycles. The predicted octanol–water partition coefficient (Wildman–Crippen LogP) is 5.75. The highest BCUT2D eigenvalue weighted by Crippen LogP contribution is 2.45. The number of aliphatic hydroxyl groups is 1. The molecule has 12 heteroatoms. The lowest BCUT2D eigenvalue weighted by Crippen LogP contribution is -2.56. The third-order valence-corrected chi connectivity index (χ3v) is 8.42. The third-order valence-electron chi connectivity index (χ3n) is 6.47. The summed E-state index contributed by atoms with van der Waals surface area (Å²) in [6, 6.07) is 3.11. The van der Waals surface area contributed by atoms with E-state index in [0.29, 0.717) is 28.4 Å². The zero-order valence-electron chi connectivity index (χ0n) is 21.3. The van der Waals surface area contributed by atoms with Crippen molar-refractivity contribution in [3.8, 4) is 16.3 Å². The molecular weight excluding hydrogens is 522 g/mol. The Morgan fingerprint density at radius 3 is 2.38 bits per heavy atom. The number of hydrogen-bond donors (Lipinski definition) is 1. The van der Waals surface area contributed by atoms with Gasteiger partial charge in [0.25, 0.3) is 0 Å². The summed E-state index contributed by atoms with van der Waals surface area (Å²) in [6.07, 6.45) is -0.720. The van der Waals surface area contributed by atoms with Crippen LogP contribution in [0.1, 0.15) is 47.5 Å². The zero-order valence-corrected chi connectivity index (χ0v) is 23.0. The number of hydrogen-bond acceptors (Lipinski definition) is 9. The van der Waals surface area contributed by atoms with Crippen LogP contribution < -0.4 is 9.64 Å². The van der Waals surface area contributed by atoms with Gasteiger partial charge >= 0.3 is 12.2 Å². The van der Waals surface area contributed by atoms with Crippen LogP contribution in [0.4, 0.5) is 18.7 Å². The van der Waals surface area contributed by atoms with Crippen molar-refractivity contribution in [1.82, 2.24) is 14.9 Å². The number of anilines is 1. The van der Waals surface area contributed by atoms with Crippen LogP contribution in [-0.2, 0) is 4.74 Å². The lowest BCUT2D eigenvalue weighted by molar-refractivity contribution is -0.275. The number of nitrogens with zero attached hydrogens (tertiary/aromatic N) is 4. The number of thiazole rings is 2. The highest BCUT2D eigenvalue weighted by Gasteiger charge is 2.49. The first-order valence-electron chi connectivity index (χ1n) is 12.1. The van der Waals surface area contributed by atoms with Crippen molar-refractivity contribution >= 4 is 44.1 Å². The molecule has 37 heavy (non-hydrogen) atoms. The highest BCUT2D eigenvalue weighted by atomic mass is 32.1. The summed E-state index contributed by atoms with van der Waals surface area (Å²) in [5, 5.41) is 13.2. The molecule has 2 aliphatic heterocycles. The maximum Gasteiger partial charge on any atom is 0.426 e. The van der Waals surface area contributed by atoms with E-state index >= 15 is 0 Å². The number of benzene rings is 1. The SMILES string of the molecule is CC(C)(C)OC(=O)N1C2CCC1CN(c1nc3c(OC(F)(F)C(C)(C)O)ccc(-c4nccs4)c3s1)C2. The van der Waals surface area contributed by atoms with E-state index in [1.54, 1.807) is 12.3 Å². The molecule has 0 saturated carbocycles. The van der Waals surface area contributed by atoms with E-state index in [0.717, 1.165) is 37.3 Å². The average molecular weight is 553 g/mol. The maximum atomic E-state index is 14.7. The van der Waals surface area contributed by atoms with Crippen molar-refractivity contribution in [2.75, 3.05) is 18.0 Å². The smallest absolute Gasteiger partial charge is 0.426 e. The van der Waals surface area contributed by atoms with Crippen LogP contribution in [0.5, 0.6) is 5.75 Å². The van der Waals surface area contributed by atoms with Crippen molar-refractivity contribution in [1.29, 1.82) is 0 Å². The Hall–Kier alpha value is -2.57. The second-order valence-electron chi connectivity index (χ2n) is 11.0. The summed E-state index contributed by atoms with van der Waals surface area (Å²) >= 11 is 2.83. The van der Waals surface area contributed by atoms with Crippen molar-refractivity contribution < 1.29 is 28.2 Å². The van der Waals surface area contributed by atoms with Crippen LogP contribution >= 0.6 is 22.7 Å². The minimum atomic E-state index is -3.83. The number of amides is 1. The summed E-state index contributed by atoms with van der Waals surface area (Å²) in [6.45, 7) is 8.69. The van der Waals surface area contributed by atoms with Gasteiger partial charge < -0.3 is 19.5 Å². The molecule has 0 spiro atoms. The fraction of sp³-hybridized carbons (Fsp3) is 0.560. The number of fused-ring (bicyclic) bond motifs is 3. The Labute approximate surface area is 221 Å². The first-order chi connectivity index (χ1) is 17.2. The second-order valence-corrected chi connectivity index (χ2v) is 12.9. The molecule has 8 nitrogen and oxygen atoms in total. The maximum absolute atomic E-state index is 14.7. The van der Waals surface area contributed by atoms with Crippen molar-refractivity contribution in [2.45, 2.75) is 76.9 Å². The summed E-state index contributed by atoms with van der Waals surface area (Å²) < 4.78 is 40.7. The quantitative estimate of drug-likeness (QED) is 0.431. The Bertz CT molecular complexity index is 1290. The number of aromatic nitrogens is 2. The van der Waals surface area contributed by atoms with Gasteiger partial charge in [-0.15, -0.1) is 11.3 Å². The number of piperazine rings is 1. The minimum absolute atomic E-state index is 0.0192. The molecule has 0 aliphatic carbocycles. The molecular formula is C25H30F2N4O4S2. The Morgan fingerprint density at radius 1 is 1.14 bits per heavy atom. The normalized spacial score (nSPS) is 20.5. The fourth-order valence-electron chi connectivity index (χ4n) is 4.65. The lowest BCUT2D eigenvalue weighted by Gasteiger charge is -2.41. The molecule has 2 fully saturated rings. The van der Waals surface area contributed by atoms with Gasteiger partial charge in [0.1, 0.15) is 16.1 Å². The number of alkyl halides is 2. The molecule has 1 aromatic carbocycles. The monoisotopic (exact) mass is 552 g/mol. The molecule has 2 aliphatic rings. The predicted molar refractivity (Wildman–Crippen MR) is 140 cm³/mol. The first-order valence-corrected chi connectivity index (χ1v) is 13.8. The number of carbonyl (C=O) groups is 1. The summed E-state index contributed by atoms with van der Waals surface area (Å²) in [4.78, 5) is 25.9. The molecule has 2 bridgehead atoms. The molecule has 0 radical (unpaired) electrons. The standard InChI is InChI=1S/C25H30F2N4O4S2/c1-23(2,3)35-22(32)31-14-6-7-15(31)13-30(12-14)21-29-18-17(34-25(26,27)24(4,5)33)9-8-16(19(18)37-21)20-28-10-11-36-20/h8-11,14-15,33H,6-7,12-13H2,1-5H3. The average Bonchev–Trinajstić information content (AvgIpc) is 3.50. The van der Waals surface area contributed by atoms with Gasteiger partial charge in [-0.2, -0.15) is 8.78 Å². The summed E-state index contributed by atoms with van der Waals surface area (Å²) in [5.41, 5.74) is -1.89. The summed E-state index contributed by atoms with van der Waals surface area (Å²) in [5.74, 6) is -0.111. The van der Waals surface area contributed by atoms with Crippen LogP contribution in [-0.4, -0.2) is 68.6 Å². The van der Waals surface area contributed by atoms with Gasteiger partial charge in [0.2, 0.25) is 0 Å². The molecule has 2 unspecified atom stereocenters. The van der Waals surface area contributed by atoms with Gasteiger partial charge in [-0.3, -0.25) is 4.90 Å². The molecule has 3 aromatic rings. The van der Waals surface area contributed by atoms with E-state index in [1.807, 2.05) is 31.1 Å². The number of rotatable bonds is 5. The molecule has 1 amide bonds. The molecule has 2 saturated heterocycles. The molecule has 200 valence electrons. The van der Waals surface area contributed by atoms with E-state index in [4.69, 9.17) is 14.5 Å². The zero-order chi connectivity index (χ0) is 26.8. The second kappa shape index (κ2) is 9.02. The largest absolute Gasteiger partial charge is 0.444 e. The Balaban J connectivity index is 1.49. The summed E-state index contributed by atoms with van der Waals surface area (Å²) in [7, 11) is 0. The van der Waals surface area contributed by atoms with Crippen LogP contribution in [0.3, 0.4) is 0 Å². The van der Waals surface area contributed by atoms with Crippen LogP contribution in [0.2, 0.25) is 0 Å². The molecule has 5 rings (SSSR count). The van der Waals surface area contributed by atoms with Gasteiger partial charge in [0, 0.05) is 30.2 Å². The number of carbonyl (C=O) groups excluding carboxylic acids is 1. The van der Waals surface area contributed by atoms with Crippen LogP contribution in [0.15, 0.2) is 23.7 Å². The van der Waals surface area contributed by atoms with E-state index in [-0.39, 0.29) is 23.9 Å². The van der Waals surface area contributed by atoms with Crippen LogP contribution in [0.25, 0.3) is 20.8 Å². The number of ether oxygens (including phenoxy) is 2. The van der Waals surface area contributed by atoms with Gasteiger partial charge in [-0.1, -0.05) is 11.3 Å². The van der Waals surface area contributed by atoms with Crippen LogP contribution in [0, 0.1) is 0 Å². The molecule has 1 N–H and O–H groups in total. The van der Waals surface area contributed by atoms with Crippen molar-refractivity contribution in [3.63, 3.8) is 0 Å². The first kappa shape index (κ1) is 26.1. The Morgan fingerprint density at radius 2 is 1.81 bits per heavy atom. The van der Waals surface area contributed by atoms with Gasteiger partial charge in [-0.05, 0) is 59.6 Å². The number of halogens is 2. The van der Waals surface area contributed by atoms with Gasteiger partial charge in [0.15, 0.2) is 16.5 Å².